The zero-order valence-corrected chi connectivity index (χ0v) is 20.3. The highest BCUT2D eigenvalue weighted by Gasteiger charge is 2.34. The van der Waals surface area contributed by atoms with Gasteiger partial charge in [0.2, 0.25) is 0 Å². The summed E-state index contributed by atoms with van der Waals surface area (Å²) in [5, 5.41) is 1.59. The Hall–Kier alpha value is -3.87. The molecule has 0 N–H and O–H groups in total. The predicted octanol–water partition coefficient (Wildman–Crippen LogP) is 4.69. The molecule has 3 amide bonds. The van der Waals surface area contributed by atoms with Crippen molar-refractivity contribution in [1.29, 1.82) is 0 Å². The molecular formula is C28H29N3O4. The van der Waals surface area contributed by atoms with Gasteiger partial charge in [0, 0.05) is 53.8 Å². The van der Waals surface area contributed by atoms with Crippen molar-refractivity contribution in [3.8, 4) is 0 Å². The van der Waals surface area contributed by atoms with E-state index in [2.05, 4.69) is 4.90 Å². The zero-order chi connectivity index (χ0) is 24.7. The molecule has 0 unspecified atom stereocenters. The molecule has 1 saturated heterocycles. The van der Waals surface area contributed by atoms with Gasteiger partial charge in [-0.2, -0.15) is 0 Å². The Morgan fingerprint density at radius 3 is 2.14 bits per heavy atom. The van der Waals surface area contributed by atoms with Gasteiger partial charge in [-0.15, -0.1) is 0 Å². The van der Waals surface area contributed by atoms with Crippen LogP contribution in [0.5, 0.6) is 0 Å². The number of piperazine rings is 1. The lowest BCUT2D eigenvalue weighted by atomic mass is 9.92. The van der Waals surface area contributed by atoms with E-state index in [1.165, 1.54) is 4.90 Å². The van der Waals surface area contributed by atoms with E-state index in [-0.39, 0.29) is 24.5 Å². The quantitative estimate of drug-likeness (QED) is 0.518. The zero-order valence-electron chi connectivity index (χ0n) is 20.3. The number of carbonyl (C=O) groups excluding carboxylic acids is 3. The molecule has 180 valence electrons. The summed E-state index contributed by atoms with van der Waals surface area (Å²) in [6.07, 6.45) is -0.302. The van der Waals surface area contributed by atoms with Crippen LogP contribution in [0.25, 0.3) is 10.8 Å². The third-order valence-corrected chi connectivity index (χ3v) is 6.42. The highest BCUT2D eigenvalue weighted by molar-refractivity contribution is 6.26. The van der Waals surface area contributed by atoms with Crippen LogP contribution in [-0.4, -0.2) is 59.5 Å². The lowest BCUT2D eigenvalue weighted by Crippen LogP contribution is -2.50. The number of amides is 3. The minimum Gasteiger partial charge on any atom is -0.444 e. The van der Waals surface area contributed by atoms with Gasteiger partial charge in [0.25, 0.3) is 11.8 Å². The molecule has 1 fully saturated rings. The largest absolute Gasteiger partial charge is 0.444 e. The number of carbonyl (C=O) groups is 3. The molecule has 0 aromatic heterocycles. The Kier molecular flexibility index (Phi) is 5.71. The van der Waals surface area contributed by atoms with Gasteiger partial charge in [-0.05, 0) is 44.5 Å². The van der Waals surface area contributed by atoms with Crippen molar-refractivity contribution in [2.75, 3.05) is 31.1 Å². The first-order chi connectivity index (χ1) is 16.7. The first kappa shape index (κ1) is 22.9. The molecule has 3 aromatic carbocycles. The normalized spacial score (nSPS) is 16.1. The molecule has 0 bridgehead atoms. The van der Waals surface area contributed by atoms with Gasteiger partial charge in [-0.1, -0.05) is 42.5 Å². The second kappa shape index (κ2) is 8.73. The molecule has 2 aliphatic rings. The van der Waals surface area contributed by atoms with Crippen molar-refractivity contribution in [1.82, 2.24) is 9.80 Å². The maximum absolute atomic E-state index is 13.4. The van der Waals surface area contributed by atoms with Crippen LogP contribution in [0.4, 0.5) is 10.5 Å². The molecule has 0 aliphatic carbocycles. The average molecular weight is 472 g/mol. The molecule has 0 radical (unpaired) electrons. The summed E-state index contributed by atoms with van der Waals surface area (Å²) in [5.74, 6) is -0.548. The van der Waals surface area contributed by atoms with Crippen LogP contribution >= 0.6 is 0 Å². The molecule has 2 heterocycles. The Morgan fingerprint density at radius 1 is 0.829 bits per heavy atom. The highest BCUT2D eigenvalue weighted by Crippen LogP contribution is 2.36. The van der Waals surface area contributed by atoms with Gasteiger partial charge in [0.05, 0.1) is 6.54 Å². The maximum Gasteiger partial charge on any atom is 0.410 e. The topological polar surface area (TPSA) is 70.2 Å². The Bertz CT molecular complexity index is 1280. The van der Waals surface area contributed by atoms with Crippen molar-refractivity contribution in [2.45, 2.75) is 32.9 Å². The number of rotatable bonds is 3. The minimum absolute atomic E-state index is 0.239. The fourth-order valence-electron chi connectivity index (χ4n) is 4.77. The van der Waals surface area contributed by atoms with E-state index < -0.39 is 5.60 Å². The summed E-state index contributed by atoms with van der Waals surface area (Å²) in [5.41, 5.74) is 2.43. The highest BCUT2D eigenvalue weighted by atomic mass is 16.6. The van der Waals surface area contributed by atoms with Crippen molar-refractivity contribution in [3.63, 3.8) is 0 Å². The minimum atomic E-state index is -0.530. The standard InChI is InChI=1S/C28H29N3O4/c1-28(2,3)35-27(34)30-16-14-29(15-17-30)23-13-12-22-24-20(23)10-7-11-21(24)25(32)31(26(22)33)18-19-8-5-4-6-9-19/h4-13H,14-18H2,1-3H3. The Balaban J connectivity index is 1.42. The van der Waals surface area contributed by atoms with Gasteiger partial charge in [-0.3, -0.25) is 14.5 Å². The van der Waals surface area contributed by atoms with Gasteiger partial charge in [0.15, 0.2) is 0 Å². The predicted molar refractivity (Wildman–Crippen MR) is 135 cm³/mol. The lowest BCUT2D eigenvalue weighted by Gasteiger charge is -2.37. The molecule has 5 rings (SSSR count). The van der Waals surface area contributed by atoms with Crippen molar-refractivity contribution >= 4 is 34.4 Å². The van der Waals surface area contributed by atoms with Crippen LogP contribution in [-0.2, 0) is 11.3 Å². The van der Waals surface area contributed by atoms with Crippen molar-refractivity contribution in [3.05, 3.63) is 77.4 Å². The third kappa shape index (κ3) is 4.34. The lowest BCUT2D eigenvalue weighted by molar-refractivity contribution is 0.0240. The van der Waals surface area contributed by atoms with E-state index in [1.54, 1.807) is 11.0 Å². The second-order valence-corrected chi connectivity index (χ2v) is 10.00. The number of ether oxygens (including phenoxy) is 1. The number of imide groups is 1. The van der Waals surface area contributed by atoms with Crippen molar-refractivity contribution < 1.29 is 19.1 Å². The van der Waals surface area contributed by atoms with Gasteiger partial charge < -0.3 is 14.5 Å². The van der Waals surface area contributed by atoms with E-state index in [0.29, 0.717) is 42.7 Å². The fourth-order valence-corrected chi connectivity index (χ4v) is 4.77. The number of nitrogens with zero attached hydrogens (tertiary/aromatic N) is 3. The van der Waals surface area contributed by atoms with E-state index >= 15 is 0 Å². The molecule has 2 aliphatic heterocycles. The first-order valence-corrected chi connectivity index (χ1v) is 11.9. The summed E-state index contributed by atoms with van der Waals surface area (Å²) in [6, 6.07) is 19.0. The summed E-state index contributed by atoms with van der Waals surface area (Å²) in [6.45, 7) is 8.18. The van der Waals surface area contributed by atoms with Crippen LogP contribution in [0, 0.1) is 0 Å². The summed E-state index contributed by atoms with van der Waals surface area (Å²) < 4.78 is 5.51. The molecule has 7 heteroatoms. The molecule has 35 heavy (non-hydrogen) atoms. The van der Waals surface area contributed by atoms with E-state index in [4.69, 9.17) is 4.74 Å². The smallest absolute Gasteiger partial charge is 0.410 e. The Morgan fingerprint density at radius 2 is 1.49 bits per heavy atom. The summed E-state index contributed by atoms with van der Waals surface area (Å²) in [4.78, 5) is 44.4. The Labute approximate surface area is 204 Å². The molecular weight excluding hydrogens is 442 g/mol. The second-order valence-electron chi connectivity index (χ2n) is 10.00. The van der Waals surface area contributed by atoms with Gasteiger partial charge in [-0.25, -0.2) is 4.79 Å². The van der Waals surface area contributed by atoms with E-state index in [9.17, 15) is 14.4 Å². The SMILES string of the molecule is CC(C)(C)OC(=O)N1CCN(c2ccc3c4c(cccc24)C(=O)N(Cc2ccccc2)C3=O)CC1. The average Bonchev–Trinajstić information content (AvgIpc) is 2.84. The molecule has 7 nitrogen and oxygen atoms in total. The van der Waals surface area contributed by atoms with Crippen LogP contribution in [0.1, 0.15) is 47.1 Å². The monoisotopic (exact) mass is 471 g/mol. The summed E-state index contributed by atoms with van der Waals surface area (Å²) >= 11 is 0. The number of anilines is 1. The van der Waals surface area contributed by atoms with Crippen LogP contribution in [0.15, 0.2) is 60.7 Å². The third-order valence-electron chi connectivity index (χ3n) is 6.42. The van der Waals surface area contributed by atoms with Crippen molar-refractivity contribution in [2.24, 2.45) is 0 Å². The van der Waals surface area contributed by atoms with Crippen LogP contribution in [0.3, 0.4) is 0 Å². The van der Waals surface area contributed by atoms with Gasteiger partial charge in [0.1, 0.15) is 5.60 Å². The molecule has 0 atom stereocenters. The first-order valence-electron chi connectivity index (χ1n) is 11.9. The van der Waals surface area contributed by atoms with Crippen LogP contribution in [0.2, 0.25) is 0 Å². The fraction of sp³-hybridized carbons (Fsp3) is 0.321. The van der Waals surface area contributed by atoms with Gasteiger partial charge >= 0.3 is 6.09 Å². The van der Waals surface area contributed by atoms with Crippen LogP contribution < -0.4 is 4.90 Å². The van der Waals surface area contributed by atoms with E-state index in [0.717, 1.165) is 16.6 Å². The number of hydrogen-bond donors (Lipinski definition) is 0. The molecule has 3 aromatic rings. The maximum atomic E-state index is 13.4. The molecule has 0 spiro atoms. The molecule has 0 saturated carbocycles. The van der Waals surface area contributed by atoms with E-state index in [1.807, 2.05) is 75.4 Å². The summed E-state index contributed by atoms with van der Waals surface area (Å²) in [7, 11) is 0. The number of benzene rings is 3. The number of hydrogen-bond acceptors (Lipinski definition) is 5.